The third-order valence-corrected chi connectivity index (χ3v) is 23.2. The van der Waals surface area contributed by atoms with Crippen LogP contribution in [0.1, 0.15) is 25.0 Å². The summed E-state index contributed by atoms with van der Waals surface area (Å²) in [6, 6.07) is 112. The van der Waals surface area contributed by atoms with Crippen molar-refractivity contribution >= 4 is 193 Å². The van der Waals surface area contributed by atoms with E-state index in [0.29, 0.717) is 0 Å². The summed E-state index contributed by atoms with van der Waals surface area (Å²) in [6.07, 6.45) is 0. The van der Waals surface area contributed by atoms with Crippen molar-refractivity contribution in [3.8, 4) is 11.1 Å². The number of halogens is 1. The monoisotopic (exact) mass is 1330 g/mol. The van der Waals surface area contributed by atoms with Crippen LogP contribution >= 0.6 is 45.3 Å². The topological polar surface area (TPSA) is 48.1 Å². The third-order valence-electron chi connectivity index (χ3n) is 18.6. The minimum Gasteiger partial charge on any atom is -0.356 e. The second kappa shape index (κ2) is 25.8. The Kier molecular flexibility index (Phi) is 15.9. The summed E-state index contributed by atoms with van der Waals surface area (Å²) in [5.41, 5.74) is 14.2. The van der Waals surface area contributed by atoms with E-state index in [0.717, 1.165) is 45.5 Å². The SMILES string of the molecule is CC1(C)c2ccccc2-c2ccc(Nc3ccc4sc5ccccc5c4c3)cc21.Fc1ccc(Nc2ccc3sc4ccccc4c3c2)cc1.c1ccc2c(Nc3ccc4sc5ccccc5c4c3)cccc2c1.c1ccc2cc(Nc3ccc4sc5ccccc5c4c3)ccc2c1. The zero-order chi connectivity index (χ0) is 65.7. The molecule has 0 radical (unpaired) electrons. The molecule has 0 bridgehead atoms. The lowest BCUT2D eigenvalue weighted by molar-refractivity contribution is 0.628. The molecule has 9 heteroatoms. The van der Waals surface area contributed by atoms with Crippen LogP contribution in [0.2, 0.25) is 0 Å². The molecule has 1 aliphatic carbocycles. The lowest BCUT2D eigenvalue weighted by atomic mass is 9.82. The van der Waals surface area contributed by atoms with Crippen LogP contribution in [0.3, 0.4) is 0 Å². The van der Waals surface area contributed by atoms with Gasteiger partial charge in [0.1, 0.15) is 5.82 Å². The zero-order valence-corrected chi connectivity index (χ0v) is 56.9. The summed E-state index contributed by atoms with van der Waals surface area (Å²) < 4.78 is 23.5. The van der Waals surface area contributed by atoms with E-state index in [-0.39, 0.29) is 11.2 Å². The van der Waals surface area contributed by atoms with Crippen LogP contribution in [0.4, 0.5) is 49.9 Å². The Morgan fingerprint density at radius 1 is 0.235 bits per heavy atom. The van der Waals surface area contributed by atoms with E-state index in [1.165, 1.54) is 137 Å². The van der Waals surface area contributed by atoms with Gasteiger partial charge in [-0.15, -0.1) is 45.3 Å². The molecule has 0 unspecified atom stereocenters. The maximum atomic E-state index is 12.9. The van der Waals surface area contributed by atoms with E-state index >= 15 is 0 Å². The molecule has 0 fully saturated rings. The number of fused-ring (bicyclic) bond motifs is 17. The van der Waals surface area contributed by atoms with Gasteiger partial charge in [-0.25, -0.2) is 4.39 Å². The second-order valence-corrected chi connectivity index (χ2v) is 29.6. The van der Waals surface area contributed by atoms with Crippen molar-refractivity contribution in [2.45, 2.75) is 19.3 Å². The first-order valence-corrected chi connectivity index (χ1v) is 36.1. The van der Waals surface area contributed by atoms with Gasteiger partial charge >= 0.3 is 0 Å². The van der Waals surface area contributed by atoms with Crippen LogP contribution < -0.4 is 21.3 Å². The average Bonchev–Trinajstić information content (AvgIpc) is 1.59. The van der Waals surface area contributed by atoms with E-state index in [1.54, 1.807) is 23.5 Å². The van der Waals surface area contributed by atoms with Gasteiger partial charge in [0, 0.05) is 137 Å². The molecule has 19 aromatic rings. The van der Waals surface area contributed by atoms with E-state index in [9.17, 15) is 4.39 Å². The van der Waals surface area contributed by atoms with Crippen molar-refractivity contribution in [1.82, 2.24) is 0 Å². The Labute approximate surface area is 583 Å². The predicted octanol–water partition coefficient (Wildman–Crippen LogP) is 27.9. The van der Waals surface area contributed by atoms with Crippen LogP contribution in [0, 0.1) is 5.82 Å². The van der Waals surface area contributed by atoms with Crippen molar-refractivity contribution in [2.75, 3.05) is 21.3 Å². The van der Waals surface area contributed by atoms with Crippen molar-refractivity contribution in [2.24, 2.45) is 0 Å². The van der Waals surface area contributed by atoms with Gasteiger partial charge in [-0.2, -0.15) is 0 Å². The Hall–Kier alpha value is -11.2. The summed E-state index contributed by atoms with van der Waals surface area (Å²) in [7, 11) is 0. The molecule has 0 amide bonds. The highest BCUT2D eigenvalue weighted by molar-refractivity contribution is 7.27. The second-order valence-electron chi connectivity index (χ2n) is 25.3. The number of thiophene rings is 4. The molecule has 0 spiro atoms. The normalized spacial score (nSPS) is 12.1. The standard InChI is InChI=1S/C27H21NS.2C22H15NS.C18H12FNS/c1-27(2)23-9-5-3-7-19(23)20-13-11-18(16-24(20)27)28-17-12-14-26-22(15-17)21-8-4-6-10-25(21)29-26;1-2-8-17-15(6-1)7-5-10-20(17)23-16-12-13-22-19(14-16)18-9-3-4-11-21(18)24-22;1-2-6-16-13-17(10-9-15(16)5-1)23-18-11-12-22-20(14-18)19-7-3-4-8-21(19)24-22;19-12-5-7-13(8-6-12)20-14-9-10-18-16(11-14)15-3-1-2-4-17(15)21-18/h3-16,28H,1-2H3;2*1-14,23H;1-11,20H. The fourth-order valence-electron chi connectivity index (χ4n) is 13.8. The Bertz CT molecular complexity index is 6200. The van der Waals surface area contributed by atoms with Gasteiger partial charge < -0.3 is 21.3 Å². The van der Waals surface area contributed by atoms with Gasteiger partial charge in [0.25, 0.3) is 0 Å². The van der Waals surface area contributed by atoms with Crippen molar-refractivity contribution in [3.05, 3.63) is 338 Å². The maximum Gasteiger partial charge on any atom is 0.123 e. The van der Waals surface area contributed by atoms with E-state index in [2.05, 4.69) is 332 Å². The maximum absolute atomic E-state index is 12.9. The highest BCUT2D eigenvalue weighted by atomic mass is 32.1. The van der Waals surface area contributed by atoms with Crippen LogP contribution in [0.5, 0.6) is 0 Å². The lowest BCUT2D eigenvalue weighted by Gasteiger charge is -2.22. The molecule has 4 N–H and O–H groups in total. The molecular formula is C89H63FN4S4. The van der Waals surface area contributed by atoms with Gasteiger partial charge in [0.05, 0.1) is 0 Å². The molecular weight excluding hydrogens is 1270 g/mol. The smallest absolute Gasteiger partial charge is 0.123 e. The van der Waals surface area contributed by atoms with Gasteiger partial charge in [-0.1, -0.05) is 184 Å². The van der Waals surface area contributed by atoms with Gasteiger partial charge in [-0.3, -0.25) is 0 Å². The number of hydrogen-bond acceptors (Lipinski definition) is 8. The molecule has 0 aliphatic heterocycles. The minimum absolute atomic E-state index is 0.0249. The van der Waals surface area contributed by atoms with Gasteiger partial charge in [0.15, 0.2) is 0 Å². The molecule has 0 saturated heterocycles. The zero-order valence-electron chi connectivity index (χ0n) is 53.6. The van der Waals surface area contributed by atoms with Crippen molar-refractivity contribution in [1.29, 1.82) is 0 Å². The number of benzene rings is 15. The van der Waals surface area contributed by atoms with Crippen LogP contribution in [0.25, 0.3) is 113 Å². The molecule has 20 rings (SSSR count). The molecule has 15 aromatic carbocycles. The van der Waals surface area contributed by atoms with Crippen molar-refractivity contribution < 1.29 is 4.39 Å². The largest absolute Gasteiger partial charge is 0.356 e. The Balaban J connectivity index is 0.0000000989. The fourth-order valence-corrected chi connectivity index (χ4v) is 18.1. The summed E-state index contributed by atoms with van der Waals surface area (Å²) in [4.78, 5) is 0. The fraction of sp³-hybridized carbons (Fsp3) is 0.0337. The number of nitrogens with one attached hydrogen (secondary N) is 4. The van der Waals surface area contributed by atoms with Gasteiger partial charge in [0.2, 0.25) is 0 Å². The quantitative estimate of drug-likeness (QED) is 0.122. The minimum atomic E-state index is -0.222. The first-order valence-electron chi connectivity index (χ1n) is 32.9. The van der Waals surface area contributed by atoms with Crippen LogP contribution in [-0.2, 0) is 5.41 Å². The Morgan fingerprint density at radius 2 is 0.582 bits per heavy atom. The summed E-state index contributed by atoms with van der Waals surface area (Å²) in [6.45, 7) is 4.65. The lowest BCUT2D eigenvalue weighted by Crippen LogP contribution is -2.15. The average molecular weight is 1340 g/mol. The highest BCUT2D eigenvalue weighted by Crippen LogP contribution is 2.50. The molecule has 1 aliphatic rings. The number of rotatable bonds is 8. The molecule has 0 saturated carbocycles. The van der Waals surface area contributed by atoms with E-state index in [1.807, 2.05) is 34.0 Å². The first kappa shape index (κ1) is 60.5. The first-order chi connectivity index (χ1) is 48.1. The predicted molar refractivity (Wildman–Crippen MR) is 429 cm³/mol. The molecule has 0 atom stereocenters. The van der Waals surface area contributed by atoms with Crippen LogP contribution in [-0.4, -0.2) is 0 Å². The van der Waals surface area contributed by atoms with E-state index in [4.69, 9.17) is 0 Å². The Morgan fingerprint density at radius 3 is 1.10 bits per heavy atom. The number of anilines is 8. The summed E-state index contributed by atoms with van der Waals surface area (Å²) in [5, 5.41) is 29.6. The van der Waals surface area contributed by atoms with Crippen LogP contribution in [0.15, 0.2) is 322 Å². The van der Waals surface area contributed by atoms with Crippen molar-refractivity contribution in [3.63, 3.8) is 0 Å². The molecule has 4 aromatic heterocycles. The summed E-state index contributed by atoms with van der Waals surface area (Å²) >= 11 is 7.36. The molecule has 470 valence electrons. The number of hydrogen-bond donors (Lipinski definition) is 4. The molecule has 4 nitrogen and oxygen atoms in total. The summed E-state index contributed by atoms with van der Waals surface area (Å²) in [5.74, 6) is -0.222. The molecule has 4 heterocycles. The van der Waals surface area contributed by atoms with Gasteiger partial charge in [-0.05, 0) is 190 Å². The highest BCUT2D eigenvalue weighted by Gasteiger charge is 2.35. The third kappa shape index (κ3) is 11.9. The molecule has 98 heavy (non-hydrogen) atoms. The van der Waals surface area contributed by atoms with E-state index < -0.39 is 0 Å².